The van der Waals surface area contributed by atoms with E-state index in [1.54, 1.807) is 12.4 Å². The number of nitrogens with zero attached hydrogens (tertiary/aromatic N) is 4. The molecule has 0 unspecified atom stereocenters. The van der Waals surface area contributed by atoms with Gasteiger partial charge < -0.3 is 14.0 Å². The number of oxime groups is 1. The third kappa shape index (κ3) is 3.00. The molecule has 3 aromatic rings. The van der Waals surface area contributed by atoms with E-state index in [0.29, 0.717) is 37.2 Å². The predicted molar refractivity (Wildman–Crippen MR) is 93.9 cm³/mol. The van der Waals surface area contributed by atoms with Gasteiger partial charge in [0.1, 0.15) is 22.2 Å². The Labute approximate surface area is 148 Å². The minimum absolute atomic E-state index is 0.385. The van der Waals surface area contributed by atoms with Gasteiger partial charge in [-0.1, -0.05) is 5.16 Å². The summed E-state index contributed by atoms with van der Waals surface area (Å²) >= 11 is 1.51. The second-order valence-corrected chi connectivity index (χ2v) is 6.38. The summed E-state index contributed by atoms with van der Waals surface area (Å²) in [5.74, 6) is 0.872. The maximum atomic E-state index is 5.82. The Morgan fingerprint density at radius 2 is 2.28 bits per heavy atom. The molecule has 0 amide bonds. The molecule has 0 saturated heterocycles. The highest BCUT2D eigenvalue weighted by Crippen LogP contribution is 2.38. The summed E-state index contributed by atoms with van der Waals surface area (Å²) in [4.78, 5) is 19.4. The molecule has 0 aliphatic carbocycles. The van der Waals surface area contributed by atoms with Crippen molar-refractivity contribution in [3.63, 3.8) is 0 Å². The molecule has 0 radical (unpaired) electrons. The molecule has 4 heterocycles. The molecule has 128 valence electrons. The summed E-state index contributed by atoms with van der Waals surface area (Å²) in [5.41, 5.74) is 3.16. The van der Waals surface area contributed by atoms with Crippen LogP contribution in [0.4, 0.5) is 0 Å². The van der Waals surface area contributed by atoms with Crippen LogP contribution in [0.2, 0.25) is 0 Å². The highest BCUT2D eigenvalue weighted by Gasteiger charge is 2.27. The zero-order chi connectivity index (χ0) is 17.2. The van der Waals surface area contributed by atoms with Crippen molar-refractivity contribution in [1.29, 1.82) is 0 Å². The fourth-order valence-corrected chi connectivity index (χ4v) is 3.46. The first-order chi connectivity index (χ1) is 12.3. The van der Waals surface area contributed by atoms with Gasteiger partial charge in [-0.3, -0.25) is 4.98 Å². The Morgan fingerprint density at radius 3 is 3.08 bits per heavy atom. The van der Waals surface area contributed by atoms with Gasteiger partial charge in [-0.2, -0.15) is 0 Å². The Balaban J connectivity index is 1.72. The molecule has 0 bridgehead atoms. The van der Waals surface area contributed by atoms with Crippen molar-refractivity contribution in [2.24, 2.45) is 5.16 Å². The van der Waals surface area contributed by atoms with E-state index < -0.39 is 0 Å². The molecule has 25 heavy (non-hydrogen) atoms. The van der Waals surface area contributed by atoms with Crippen LogP contribution in [0.1, 0.15) is 24.7 Å². The van der Waals surface area contributed by atoms with Crippen molar-refractivity contribution in [3.05, 3.63) is 35.9 Å². The Morgan fingerprint density at radius 1 is 1.36 bits per heavy atom. The third-order valence-corrected chi connectivity index (χ3v) is 4.84. The molecule has 0 saturated carbocycles. The lowest BCUT2D eigenvalue weighted by atomic mass is 10.2. The normalized spacial score (nSPS) is 15.0. The minimum atomic E-state index is 0.385. The van der Waals surface area contributed by atoms with Crippen LogP contribution >= 0.6 is 11.3 Å². The topological polar surface area (TPSA) is 82.6 Å². The number of aromatic nitrogens is 3. The molecule has 3 aromatic heterocycles. The minimum Gasteiger partial charge on any atom is -0.463 e. The Kier molecular flexibility index (Phi) is 4.19. The molecule has 0 spiro atoms. The largest absolute Gasteiger partial charge is 0.463 e. The number of oxazole rings is 1. The summed E-state index contributed by atoms with van der Waals surface area (Å²) in [6.45, 7) is 4.83. The highest BCUT2D eigenvalue weighted by molar-refractivity contribution is 7.18. The molecule has 0 atom stereocenters. The third-order valence-electron chi connectivity index (χ3n) is 3.64. The number of hydrogen-bond acceptors (Lipinski definition) is 8. The van der Waals surface area contributed by atoms with Crippen LogP contribution in [0.3, 0.4) is 0 Å². The molecule has 8 heteroatoms. The lowest BCUT2D eigenvalue weighted by Crippen LogP contribution is -2.16. The monoisotopic (exact) mass is 356 g/mol. The lowest BCUT2D eigenvalue weighted by molar-refractivity contribution is 0.156. The van der Waals surface area contributed by atoms with Crippen molar-refractivity contribution in [2.75, 3.05) is 13.2 Å². The van der Waals surface area contributed by atoms with Crippen LogP contribution in [0.5, 0.6) is 5.95 Å². The number of thiazole rings is 1. The summed E-state index contributed by atoms with van der Waals surface area (Å²) in [6, 6.07) is 3.87. The summed E-state index contributed by atoms with van der Waals surface area (Å²) < 4.78 is 11.4. The lowest BCUT2D eigenvalue weighted by Gasteiger charge is -2.11. The van der Waals surface area contributed by atoms with E-state index in [4.69, 9.17) is 14.0 Å². The van der Waals surface area contributed by atoms with Gasteiger partial charge in [0.15, 0.2) is 5.69 Å². The predicted octanol–water partition coefficient (Wildman–Crippen LogP) is 3.69. The summed E-state index contributed by atoms with van der Waals surface area (Å²) in [7, 11) is 0. The van der Waals surface area contributed by atoms with E-state index in [2.05, 4.69) is 20.1 Å². The van der Waals surface area contributed by atoms with Crippen LogP contribution < -0.4 is 4.74 Å². The number of aryl methyl sites for hydroxylation is 1. The van der Waals surface area contributed by atoms with Crippen LogP contribution in [0.25, 0.3) is 21.3 Å². The first kappa shape index (κ1) is 15.8. The molecule has 0 aromatic carbocycles. The average molecular weight is 356 g/mol. The molecular weight excluding hydrogens is 340 g/mol. The molecular formula is C17H16N4O3S. The van der Waals surface area contributed by atoms with Crippen molar-refractivity contribution in [2.45, 2.75) is 20.3 Å². The number of pyridine rings is 1. The molecule has 0 fully saturated rings. The zero-order valence-corrected chi connectivity index (χ0v) is 14.7. The smallest absolute Gasteiger partial charge is 0.315 e. The molecule has 0 N–H and O–H groups in total. The fraction of sp³-hybridized carbons (Fsp3) is 0.294. The first-order valence-electron chi connectivity index (χ1n) is 7.97. The summed E-state index contributed by atoms with van der Waals surface area (Å²) in [5, 5.41) is 4.99. The Bertz CT molecular complexity index is 917. The standard InChI is InChI=1S/C17H16N4O3S/c1-3-23-21-12-6-8-22-17-13(12)20-15(24-17)14-10(2)19-16(25-14)11-5-4-7-18-9-11/h4-5,7,9H,3,6,8H2,1-2H3. The van der Waals surface area contributed by atoms with Crippen LogP contribution in [0, 0.1) is 6.92 Å². The van der Waals surface area contributed by atoms with E-state index in [-0.39, 0.29) is 0 Å². The number of ether oxygens (including phenoxy) is 1. The number of hydrogen-bond donors (Lipinski definition) is 0. The fourth-order valence-electron chi connectivity index (χ4n) is 2.48. The van der Waals surface area contributed by atoms with E-state index in [9.17, 15) is 0 Å². The maximum absolute atomic E-state index is 5.82. The van der Waals surface area contributed by atoms with Gasteiger partial charge in [0.2, 0.25) is 5.89 Å². The second kappa shape index (κ2) is 6.64. The van der Waals surface area contributed by atoms with Gasteiger partial charge in [0, 0.05) is 24.4 Å². The summed E-state index contributed by atoms with van der Waals surface area (Å²) in [6.07, 6.45) is 4.17. The zero-order valence-electron chi connectivity index (χ0n) is 13.9. The molecule has 7 nitrogen and oxygen atoms in total. The van der Waals surface area contributed by atoms with Crippen LogP contribution in [0.15, 0.2) is 34.1 Å². The highest BCUT2D eigenvalue weighted by atomic mass is 32.1. The van der Waals surface area contributed by atoms with Gasteiger partial charge in [-0.15, -0.1) is 11.3 Å². The van der Waals surface area contributed by atoms with E-state index in [0.717, 1.165) is 26.9 Å². The van der Waals surface area contributed by atoms with E-state index >= 15 is 0 Å². The average Bonchev–Trinajstić information content (AvgIpc) is 3.24. The SMILES string of the molecule is CCON=C1CCOc2oc(-c3sc(-c4cccnc4)nc3C)nc21. The van der Waals surface area contributed by atoms with Gasteiger partial charge in [-0.25, -0.2) is 9.97 Å². The van der Waals surface area contributed by atoms with Crippen molar-refractivity contribution in [3.8, 4) is 27.3 Å². The molecule has 1 aliphatic heterocycles. The maximum Gasteiger partial charge on any atom is 0.315 e. The van der Waals surface area contributed by atoms with Gasteiger partial charge in [0.25, 0.3) is 0 Å². The van der Waals surface area contributed by atoms with Gasteiger partial charge >= 0.3 is 5.95 Å². The van der Waals surface area contributed by atoms with Gasteiger partial charge in [0.05, 0.1) is 12.3 Å². The van der Waals surface area contributed by atoms with Crippen molar-refractivity contribution < 1.29 is 14.0 Å². The first-order valence-corrected chi connectivity index (χ1v) is 8.79. The molecule has 4 rings (SSSR count). The van der Waals surface area contributed by atoms with Crippen molar-refractivity contribution in [1.82, 2.24) is 15.0 Å². The Hall–Kier alpha value is -2.74. The van der Waals surface area contributed by atoms with E-state index in [1.165, 1.54) is 11.3 Å². The number of rotatable bonds is 4. The van der Waals surface area contributed by atoms with Gasteiger partial charge in [-0.05, 0) is 26.0 Å². The quantitative estimate of drug-likeness (QED) is 0.663. The molecule has 1 aliphatic rings. The van der Waals surface area contributed by atoms with Crippen LogP contribution in [-0.4, -0.2) is 33.9 Å². The van der Waals surface area contributed by atoms with E-state index in [1.807, 2.05) is 26.0 Å². The van der Waals surface area contributed by atoms with Crippen molar-refractivity contribution >= 4 is 17.0 Å². The van der Waals surface area contributed by atoms with Crippen LogP contribution in [-0.2, 0) is 4.84 Å². The number of fused-ring (bicyclic) bond motifs is 1. The second-order valence-electron chi connectivity index (χ2n) is 5.38.